The lowest BCUT2D eigenvalue weighted by atomic mass is 9.47. The number of hydrogen-bond donors (Lipinski definition) is 0. The topological polar surface area (TPSA) is 51.2 Å². The van der Waals surface area contributed by atoms with Gasteiger partial charge in [-0.05, 0) is 187 Å². The van der Waals surface area contributed by atoms with Crippen molar-refractivity contribution in [3.05, 3.63) is 34.9 Å². The van der Waals surface area contributed by atoms with Crippen molar-refractivity contribution in [2.24, 2.45) is 69.5 Å². The van der Waals surface area contributed by atoms with Gasteiger partial charge in [-0.25, -0.2) is 0 Å². The maximum Gasteiger partial charge on any atom is 0.169 e. The van der Waals surface area contributed by atoms with E-state index in [9.17, 15) is 14.4 Å². The van der Waals surface area contributed by atoms with Crippen molar-refractivity contribution in [1.29, 1.82) is 0 Å². The van der Waals surface area contributed by atoms with Gasteiger partial charge < -0.3 is 0 Å². The average Bonchev–Trinajstić information content (AvgIpc) is 2.93. The summed E-state index contributed by atoms with van der Waals surface area (Å²) in [6.45, 7) is 0. The van der Waals surface area contributed by atoms with Gasteiger partial charge in [0.05, 0.1) is 0 Å². The molecule has 0 radical (unpaired) electrons. The molecule has 3 nitrogen and oxygen atoms in total. The lowest BCUT2D eigenvalue weighted by Crippen LogP contribution is -2.51. The van der Waals surface area contributed by atoms with E-state index in [4.69, 9.17) is 0 Å². The van der Waals surface area contributed by atoms with Crippen LogP contribution in [0.1, 0.15) is 147 Å². The van der Waals surface area contributed by atoms with Crippen LogP contribution in [-0.4, -0.2) is 17.3 Å². The molecule has 13 rings (SSSR count). The Morgan fingerprint density at radius 3 is 0.690 bits per heavy atom. The molecule has 12 bridgehead atoms. The Labute approximate surface area is 251 Å². The Morgan fingerprint density at radius 2 is 0.524 bits per heavy atom. The Kier molecular flexibility index (Phi) is 5.16. The summed E-state index contributed by atoms with van der Waals surface area (Å²) in [6, 6.07) is 5.99. The molecule has 12 saturated carbocycles. The standard InChI is InChI=1S/C39H48O3/c40-34(37-13-22-1-23(14-37)3-24(2-22)15-37)31-10-32(35(41)38-16-25-4-26(17-38)6-27(5-25)18-38)12-33(11-31)36(42)39-19-28-7-29(20-39)9-30(8-28)21-39/h10-12,22-30H,1-9,13-21H2. The van der Waals surface area contributed by atoms with Crippen LogP contribution in [0.15, 0.2) is 18.2 Å². The van der Waals surface area contributed by atoms with E-state index in [1.165, 1.54) is 57.8 Å². The first-order valence-electron chi connectivity index (χ1n) is 18.0. The third-order valence-corrected chi connectivity index (χ3v) is 15.3. The summed E-state index contributed by atoms with van der Waals surface area (Å²) in [6.07, 6.45) is 21.1. The van der Waals surface area contributed by atoms with E-state index in [2.05, 4.69) is 0 Å². The van der Waals surface area contributed by atoms with E-state index < -0.39 is 0 Å². The molecule has 3 heteroatoms. The predicted molar refractivity (Wildman–Crippen MR) is 161 cm³/mol. The number of ketones is 3. The zero-order chi connectivity index (χ0) is 28.0. The Hall–Kier alpha value is -1.77. The molecule has 0 N–H and O–H groups in total. The largest absolute Gasteiger partial charge is 0.294 e. The summed E-state index contributed by atoms with van der Waals surface area (Å²) in [7, 11) is 0. The molecule has 0 aliphatic heterocycles. The molecule has 0 aromatic heterocycles. The number of carbonyl (C=O) groups is 3. The molecule has 0 heterocycles. The smallest absolute Gasteiger partial charge is 0.169 e. The average molecular weight is 565 g/mol. The fourth-order valence-electron chi connectivity index (χ4n) is 15.1. The molecule has 12 aliphatic rings. The van der Waals surface area contributed by atoms with E-state index in [-0.39, 0.29) is 33.6 Å². The summed E-state index contributed by atoms with van der Waals surface area (Å²) >= 11 is 0. The molecule has 0 unspecified atom stereocenters. The molecule has 1 aromatic rings. The minimum absolute atomic E-state index is 0.252. The summed E-state index contributed by atoms with van der Waals surface area (Å²) in [5.74, 6) is 7.13. The maximum atomic E-state index is 14.7. The highest BCUT2D eigenvalue weighted by Gasteiger charge is 2.58. The van der Waals surface area contributed by atoms with Gasteiger partial charge in [0.25, 0.3) is 0 Å². The monoisotopic (exact) mass is 564 g/mol. The quantitative estimate of drug-likeness (QED) is 0.324. The van der Waals surface area contributed by atoms with Gasteiger partial charge in [-0.15, -0.1) is 0 Å². The van der Waals surface area contributed by atoms with E-state index in [1.807, 2.05) is 18.2 Å². The highest BCUT2D eigenvalue weighted by atomic mass is 16.1. The van der Waals surface area contributed by atoms with Crippen molar-refractivity contribution >= 4 is 17.3 Å². The normalized spacial score (nSPS) is 50.4. The van der Waals surface area contributed by atoms with Gasteiger partial charge in [0.15, 0.2) is 17.3 Å². The van der Waals surface area contributed by atoms with Gasteiger partial charge in [0.1, 0.15) is 0 Å². The number of rotatable bonds is 6. The maximum absolute atomic E-state index is 14.7. The Balaban J connectivity index is 1.06. The molecule has 42 heavy (non-hydrogen) atoms. The molecule has 0 saturated heterocycles. The minimum atomic E-state index is -0.252. The predicted octanol–water partition coefficient (Wildman–Crippen LogP) is 8.88. The molecular formula is C39H48O3. The Morgan fingerprint density at radius 1 is 0.357 bits per heavy atom. The lowest BCUT2D eigenvalue weighted by Gasteiger charge is -2.56. The van der Waals surface area contributed by atoms with Crippen molar-refractivity contribution in [3.63, 3.8) is 0 Å². The second kappa shape index (κ2) is 8.48. The third-order valence-electron chi connectivity index (χ3n) is 15.3. The molecular weight excluding hydrogens is 516 g/mol. The van der Waals surface area contributed by atoms with Gasteiger partial charge in [-0.2, -0.15) is 0 Å². The highest BCUT2D eigenvalue weighted by molar-refractivity contribution is 6.10. The number of Topliss-reactive ketones (excluding diaryl/α,β-unsaturated/α-hetero) is 3. The second-order valence-corrected chi connectivity index (χ2v) is 18.4. The van der Waals surface area contributed by atoms with Crippen LogP contribution in [0.5, 0.6) is 0 Å². The zero-order valence-corrected chi connectivity index (χ0v) is 25.4. The van der Waals surface area contributed by atoms with E-state index in [0.717, 1.165) is 57.8 Å². The van der Waals surface area contributed by atoms with Crippen molar-refractivity contribution < 1.29 is 14.4 Å². The van der Waals surface area contributed by atoms with Crippen LogP contribution in [-0.2, 0) is 0 Å². The fraction of sp³-hybridized carbons (Fsp3) is 0.769. The molecule has 12 fully saturated rings. The molecule has 222 valence electrons. The SMILES string of the molecule is O=C(c1cc(C(=O)C23CC4CC(CC(C4)C2)C3)cc(C(=O)C23CC4CC(CC(C4)C2)C3)c1)C12CC3CC(CC(C3)C1)C2. The molecule has 12 aliphatic carbocycles. The van der Waals surface area contributed by atoms with Crippen LogP contribution in [0.2, 0.25) is 0 Å². The van der Waals surface area contributed by atoms with Crippen LogP contribution in [0.25, 0.3) is 0 Å². The van der Waals surface area contributed by atoms with E-state index in [0.29, 0.717) is 70.0 Å². The van der Waals surface area contributed by atoms with E-state index in [1.54, 1.807) is 0 Å². The minimum Gasteiger partial charge on any atom is -0.294 e. The molecule has 0 atom stereocenters. The number of carbonyl (C=O) groups excluding carboxylic acids is 3. The molecule has 0 amide bonds. The second-order valence-electron chi connectivity index (χ2n) is 18.4. The highest BCUT2D eigenvalue weighted by Crippen LogP contribution is 2.64. The number of benzene rings is 1. The van der Waals surface area contributed by atoms with Crippen LogP contribution in [0.4, 0.5) is 0 Å². The summed E-state index contributed by atoms with van der Waals surface area (Å²) in [5, 5.41) is 0. The van der Waals surface area contributed by atoms with Crippen molar-refractivity contribution in [1.82, 2.24) is 0 Å². The molecule has 0 spiro atoms. The first-order valence-corrected chi connectivity index (χ1v) is 18.0. The lowest BCUT2D eigenvalue weighted by molar-refractivity contribution is -0.0361. The third kappa shape index (κ3) is 3.61. The van der Waals surface area contributed by atoms with Gasteiger partial charge in [-0.1, -0.05) is 0 Å². The Bertz CT molecular complexity index is 1110. The van der Waals surface area contributed by atoms with Gasteiger partial charge in [-0.3, -0.25) is 14.4 Å². The van der Waals surface area contributed by atoms with Crippen LogP contribution in [0.3, 0.4) is 0 Å². The summed E-state index contributed by atoms with van der Waals surface area (Å²) < 4.78 is 0. The summed E-state index contributed by atoms with van der Waals surface area (Å²) in [4.78, 5) is 44.2. The zero-order valence-electron chi connectivity index (χ0n) is 25.4. The van der Waals surface area contributed by atoms with Crippen LogP contribution in [0, 0.1) is 69.5 Å². The van der Waals surface area contributed by atoms with Gasteiger partial charge in [0, 0.05) is 32.9 Å². The van der Waals surface area contributed by atoms with E-state index >= 15 is 0 Å². The van der Waals surface area contributed by atoms with Gasteiger partial charge >= 0.3 is 0 Å². The van der Waals surface area contributed by atoms with Crippen molar-refractivity contribution in [2.45, 2.75) is 116 Å². The first kappa shape index (κ1) is 25.5. The van der Waals surface area contributed by atoms with Crippen molar-refractivity contribution in [2.75, 3.05) is 0 Å². The fourth-order valence-corrected chi connectivity index (χ4v) is 15.1. The molecule has 1 aromatic carbocycles. The first-order chi connectivity index (χ1) is 20.3. The van der Waals surface area contributed by atoms with Gasteiger partial charge in [0.2, 0.25) is 0 Å². The van der Waals surface area contributed by atoms with Crippen LogP contribution < -0.4 is 0 Å². The van der Waals surface area contributed by atoms with Crippen LogP contribution >= 0.6 is 0 Å². The van der Waals surface area contributed by atoms with Crippen molar-refractivity contribution in [3.8, 4) is 0 Å². The summed E-state index contributed by atoms with van der Waals surface area (Å²) in [5.41, 5.74) is 1.37. The number of hydrogen-bond acceptors (Lipinski definition) is 3.